The molecule has 1 aliphatic rings. The molecule has 0 radical (unpaired) electrons. The average molecular weight is 661 g/mol. The van der Waals surface area contributed by atoms with Crippen LogP contribution in [0.2, 0.25) is 0 Å². The van der Waals surface area contributed by atoms with Crippen molar-refractivity contribution in [2.24, 2.45) is 0 Å². The Morgan fingerprint density at radius 1 is 0.396 bits per heavy atom. The monoisotopic (exact) mass is 660 g/mol. The summed E-state index contributed by atoms with van der Waals surface area (Å²) < 4.78 is 0. The van der Waals surface area contributed by atoms with Crippen molar-refractivity contribution < 1.29 is 39.6 Å². The molecule has 0 unspecified atom stereocenters. The Hall–Kier alpha value is -5.00. The molecule has 5 rings (SSSR count). The summed E-state index contributed by atoms with van der Waals surface area (Å²) in [5, 5.41) is 38.8. The minimum atomic E-state index is -0.941. The van der Waals surface area contributed by atoms with Crippen LogP contribution in [0.1, 0.15) is 125 Å². The quantitative estimate of drug-likeness (QED) is 0.0901. The fourth-order valence-corrected chi connectivity index (χ4v) is 7.24. The molecule has 256 valence electrons. The van der Waals surface area contributed by atoms with Crippen molar-refractivity contribution in [1.29, 1.82) is 0 Å². The second-order valence-electron chi connectivity index (χ2n) is 14.0. The van der Waals surface area contributed by atoms with E-state index in [2.05, 4.69) is 19.9 Å². The molecular weight excluding hydrogens is 616 g/mol. The molecule has 1 aliphatic heterocycles. The first-order chi connectivity index (χ1) is 22.5. The maximum Gasteiger partial charge on any atom is 0.303 e. The molecular formula is C36H44N4O8. The lowest BCUT2D eigenvalue weighted by Gasteiger charge is -2.33. The molecule has 12 nitrogen and oxygen atoms in total. The van der Waals surface area contributed by atoms with Gasteiger partial charge in [-0.05, 0) is 102 Å². The van der Waals surface area contributed by atoms with Crippen LogP contribution in [0.25, 0.3) is 0 Å². The highest BCUT2D eigenvalue weighted by atomic mass is 16.4. The molecule has 48 heavy (non-hydrogen) atoms. The van der Waals surface area contributed by atoms with Crippen LogP contribution in [0, 0.1) is 0 Å². The van der Waals surface area contributed by atoms with Gasteiger partial charge in [-0.2, -0.15) is 0 Å². The van der Waals surface area contributed by atoms with Crippen LogP contribution in [0.4, 0.5) is 0 Å². The van der Waals surface area contributed by atoms with Gasteiger partial charge in [-0.1, -0.05) is 0 Å². The first kappa shape index (κ1) is 34.3. The van der Waals surface area contributed by atoms with E-state index >= 15 is 0 Å². The maximum atomic E-state index is 11.8. The highest BCUT2D eigenvalue weighted by molar-refractivity contribution is 5.68. The van der Waals surface area contributed by atoms with Crippen LogP contribution < -0.4 is 0 Å². The zero-order chi connectivity index (χ0) is 35.1. The van der Waals surface area contributed by atoms with Gasteiger partial charge in [0, 0.05) is 92.9 Å². The van der Waals surface area contributed by atoms with E-state index in [4.69, 9.17) is 0 Å². The van der Waals surface area contributed by atoms with Crippen LogP contribution in [0.15, 0.2) is 48.5 Å². The molecule has 8 bridgehead atoms. The van der Waals surface area contributed by atoms with Crippen LogP contribution in [0.5, 0.6) is 0 Å². The van der Waals surface area contributed by atoms with Gasteiger partial charge in [-0.3, -0.25) is 19.2 Å². The molecule has 12 heteroatoms. The number of aromatic amines is 4. The van der Waals surface area contributed by atoms with E-state index in [1.807, 2.05) is 76.2 Å². The van der Waals surface area contributed by atoms with Gasteiger partial charge in [0.25, 0.3) is 0 Å². The molecule has 0 amide bonds. The van der Waals surface area contributed by atoms with Crippen molar-refractivity contribution >= 4 is 23.9 Å². The largest absolute Gasteiger partial charge is 0.481 e. The Labute approximate surface area is 278 Å². The third-order valence-corrected chi connectivity index (χ3v) is 10.9. The van der Waals surface area contributed by atoms with Gasteiger partial charge in [0.05, 0.1) is 0 Å². The average Bonchev–Trinajstić information content (AvgIpc) is 3.86. The molecule has 0 aromatic carbocycles. The van der Waals surface area contributed by atoms with Crippen LogP contribution >= 0.6 is 0 Å². The molecule has 0 spiro atoms. The van der Waals surface area contributed by atoms with Crippen molar-refractivity contribution in [2.75, 3.05) is 0 Å². The van der Waals surface area contributed by atoms with E-state index in [9.17, 15) is 39.6 Å². The van der Waals surface area contributed by atoms with E-state index in [1.54, 1.807) is 0 Å². The Morgan fingerprint density at radius 2 is 0.542 bits per heavy atom. The Bertz CT molecular complexity index is 1500. The summed E-state index contributed by atoms with van der Waals surface area (Å²) in [7, 11) is 0. The summed E-state index contributed by atoms with van der Waals surface area (Å²) in [6.07, 6.45) is 0.563. The van der Waals surface area contributed by atoms with Crippen molar-refractivity contribution in [3.63, 3.8) is 0 Å². The van der Waals surface area contributed by atoms with E-state index in [1.165, 1.54) is 0 Å². The van der Waals surface area contributed by atoms with Crippen LogP contribution in [-0.4, -0.2) is 64.2 Å². The predicted molar refractivity (Wildman–Crippen MR) is 176 cm³/mol. The number of hydrogen-bond donors (Lipinski definition) is 8. The summed E-state index contributed by atoms with van der Waals surface area (Å²) in [5.41, 5.74) is 2.63. The fourth-order valence-electron chi connectivity index (χ4n) is 7.24. The maximum absolute atomic E-state index is 11.8. The Balaban J connectivity index is 1.79. The Kier molecular flexibility index (Phi) is 8.98. The molecule has 0 aliphatic carbocycles. The van der Waals surface area contributed by atoms with E-state index in [0.29, 0.717) is 0 Å². The summed E-state index contributed by atoms with van der Waals surface area (Å²) in [4.78, 5) is 61.6. The molecule has 0 atom stereocenters. The zero-order valence-corrected chi connectivity index (χ0v) is 27.7. The highest BCUT2D eigenvalue weighted by Gasteiger charge is 2.42. The molecule has 5 heterocycles. The van der Waals surface area contributed by atoms with E-state index in [-0.39, 0.29) is 51.4 Å². The zero-order valence-electron chi connectivity index (χ0n) is 27.7. The fraction of sp³-hybridized carbons (Fsp3) is 0.444. The number of rotatable bonds is 12. The summed E-state index contributed by atoms with van der Waals surface area (Å²) in [5.74, 6) is -3.77. The number of hydrogen-bond acceptors (Lipinski definition) is 4. The number of aromatic nitrogens is 4. The van der Waals surface area contributed by atoms with Gasteiger partial charge in [0.1, 0.15) is 0 Å². The smallest absolute Gasteiger partial charge is 0.303 e. The number of carboxylic acids is 4. The van der Waals surface area contributed by atoms with Crippen LogP contribution in [-0.2, 0) is 40.8 Å². The first-order valence-electron chi connectivity index (χ1n) is 16.2. The third kappa shape index (κ3) is 6.18. The minimum Gasteiger partial charge on any atom is -0.481 e. The minimum absolute atomic E-state index is 0.110. The number of aliphatic carboxylic acids is 4. The topological polar surface area (TPSA) is 212 Å². The number of carbonyl (C=O) groups is 4. The molecule has 0 saturated carbocycles. The molecule has 8 N–H and O–H groups in total. The highest BCUT2D eigenvalue weighted by Crippen LogP contribution is 2.45. The molecule has 4 aromatic heterocycles. The SMILES string of the molecule is CC1(CCC(=O)O)c2ccc([nH]2)C(C)(CCC(=O)O)c2ccc([nH]2)C(C)(CCC(=O)O)c2ccc([nH]2)C(C)(CCC(=O)O)c2ccc1[nH]2. The standard InChI is InChI=1S/C36H44N4O8/c1-33(17-13-29(41)42)21-5-7-23(37-21)34(2,18-14-30(43)44)25-9-11-27(39-25)36(4,20-16-32(47)48)28-12-10-26(40-28)35(3,19-15-31(45)46)24-8-6-22(33)38-24/h5-12,37-40H,13-20H2,1-4H3,(H,41,42)(H,43,44)(H,45,46)(H,47,48). The molecule has 4 aromatic rings. The third-order valence-electron chi connectivity index (χ3n) is 10.9. The van der Waals surface area contributed by atoms with E-state index < -0.39 is 45.5 Å². The van der Waals surface area contributed by atoms with Gasteiger partial charge >= 0.3 is 23.9 Å². The van der Waals surface area contributed by atoms with Gasteiger partial charge in [-0.15, -0.1) is 0 Å². The number of nitrogens with one attached hydrogen (secondary N) is 4. The van der Waals surface area contributed by atoms with Crippen LogP contribution in [0.3, 0.4) is 0 Å². The lowest BCUT2D eigenvalue weighted by Crippen LogP contribution is -2.31. The second kappa shape index (κ2) is 12.6. The first-order valence-corrected chi connectivity index (χ1v) is 16.2. The van der Waals surface area contributed by atoms with Gasteiger partial charge in [0.15, 0.2) is 0 Å². The second-order valence-corrected chi connectivity index (χ2v) is 14.0. The van der Waals surface area contributed by atoms with Gasteiger partial charge in [0.2, 0.25) is 0 Å². The number of H-pyrrole nitrogens is 4. The lowest BCUT2D eigenvalue weighted by molar-refractivity contribution is -0.138. The number of carboxylic acid groups (broad SMARTS) is 4. The van der Waals surface area contributed by atoms with Crippen molar-refractivity contribution in [3.05, 3.63) is 94.1 Å². The lowest BCUT2D eigenvalue weighted by atomic mass is 9.78. The van der Waals surface area contributed by atoms with Crippen molar-refractivity contribution in [2.45, 2.75) is 101 Å². The van der Waals surface area contributed by atoms with Gasteiger partial charge < -0.3 is 40.4 Å². The Morgan fingerprint density at radius 3 is 0.667 bits per heavy atom. The van der Waals surface area contributed by atoms with Gasteiger partial charge in [-0.25, -0.2) is 0 Å². The number of fused-ring (bicyclic) bond motifs is 8. The molecule has 0 fully saturated rings. The van der Waals surface area contributed by atoms with Crippen molar-refractivity contribution in [3.8, 4) is 0 Å². The predicted octanol–water partition coefficient (Wildman–Crippen LogP) is 6.00. The van der Waals surface area contributed by atoms with Crippen molar-refractivity contribution in [1.82, 2.24) is 19.9 Å². The summed E-state index contributed by atoms with van der Waals surface area (Å²) in [6, 6.07) is 15.3. The summed E-state index contributed by atoms with van der Waals surface area (Å²) >= 11 is 0. The normalized spacial score (nSPS) is 25.1. The summed E-state index contributed by atoms with van der Waals surface area (Å²) in [6.45, 7) is 7.84. The molecule has 0 saturated heterocycles. The van der Waals surface area contributed by atoms with E-state index in [0.717, 1.165) is 45.6 Å².